The van der Waals surface area contributed by atoms with Crippen molar-refractivity contribution in [3.05, 3.63) is 60.4 Å². The first kappa shape index (κ1) is 13.1. The molecule has 0 fully saturated rings. The maximum Gasteiger partial charge on any atom is 0.339 e. The summed E-state index contributed by atoms with van der Waals surface area (Å²) in [5, 5.41) is 0. The Morgan fingerprint density at radius 3 is 2.74 bits per heavy atom. The SMILES string of the molecule is C/C=C/C1OC=CC(=O)C1OC(=O)c1ccccc1. The van der Waals surface area contributed by atoms with Crippen LogP contribution in [0.4, 0.5) is 0 Å². The quantitative estimate of drug-likeness (QED) is 0.616. The molecule has 0 bridgehead atoms. The van der Waals surface area contributed by atoms with Crippen molar-refractivity contribution in [3.8, 4) is 0 Å². The van der Waals surface area contributed by atoms with Crippen LogP contribution < -0.4 is 0 Å². The predicted octanol–water partition coefficient (Wildman–Crippen LogP) is 2.27. The van der Waals surface area contributed by atoms with Crippen LogP contribution in [-0.2, 0) is 14.3 Å². The molecular formula is C15H14O4. The Balaban J connectivity index is 2.14. The third kappa shape index (κ3) is 3.10. The van der Waals surface area contributed by atoms with Crippen LogP contribution in [0.5, 0.6) is 0 Å². The van der Waals surface area contributed by atoms with E-state index in [-0.39, 0.29) is 5.78 Å². The minimum absolute atomic E-state index is 0.279. The lowest BCUT2D eigenvalue weighted by Crippen LogP contribution is -2.39. The van der Waals surface area contributed by atoms with Crippen molar-refractivity contribution in [3.63, 3.8) is 0 Å². The van der Waals surface area contributed by atoms with Gasteiger partial charge < -0.3 is 9.47 Å². The number of allylic oxidation sites excluding steroid dienone is 1. The van der Waals surface area contributed by atoms with Crippen molar-refractivity contribution < 1.29 is 19.1 Å². The molecule has 1 aliphatic rings. The number of esters is 1. The number of hydrogen-bond donors (Lipinski definition) is 0. The van der Waals surface area contributed by atoms with Crippen LogP contribution in [0.3, 0.4) is 0 Å². The average Bonchev–Trinajstić information content (AvgIpc) is 2.44. The van der Waals surface area contributed by atoms with Crippen molar-refractivity contribution in [1.82, 2.24) is 0 Å². The summed E-state index contributed by atoms with van der Waals surface area (Å²) in [5.74, 6) is -0.814. The molecule has 0 aliphatic carbocycles. The Morgan fingerprint density at radius 1 is 1.32 bits per heavy atom. The molecule has 2 unspecified atom stereocenters. The lowest BCUT2D eigenvalue weighted by atomic mass is 10.1. The number of rotatable bonds is 3. The van der Waals surface area contributed by atoms with Gasteiger partial charge in [-0.05, 0) is 25.1 Å². The van der Waals surface area contributed by atoms with Crippen LogP contribution in [0, 0.1) is 0 Å². The molecule has 4 nitrogen and oxygen atoms in total. The molecule has 1 aliphatic heterocycles. The highest BCUT2D eigenvalue weighted by molar-refractivity contribution is 5.98. The second-order valence-electron chi connectivity index (χ2n) is 4.02. The first-order valence-corrected chi connectivity index (χ1v) is 5.97. The molecule has 2 atom stereocenters. The van der Waals surface area contributed by atoms with E-state index in [1.165, 1.54) is 12.3 Å². The average molecular weight is 258 g/mol. The first-order chi connectivity index (χ1) is 9.22. The zero-order valence-electron chi connectivity index (χ0n) is 10.5. The van der Waals surface area contributed by atoms with E-state index in [0.29, 0.717) is 5.56 Å². The number of ether oxygens (including phenoxy) is 2. The number of ketones is 1. The van der Waals surface area contributed by atoms with Crippen LogP contribution in [0.25, 0.3) is 0 Å². The molecule has 0 N–H and O–H groups in total. The number of hydrogen-bond acceptors (Lipinski definition) is 4. The number of carbonyl (C=O) groups is 2. The Hall–Kier alpha value is -2.36. The summed E-state index contributed by atoms with van der Waals surface area (Å²) in [4.78, 5) is 23.7. The topological polar surface area (TPSA) is 52.6 Å². The van der Waals surface area contributed by atoms with Crippen LogP contribution in [0.2, 0.25) is 0 Å². The Kier molecular flexibility index (Phi) is 4.13. The molecule has 0 amide bonds. The van der Waals surface area contributed by atoms with Gasteiger partial charge in [0.25, 0.3) is 0 Å². The van der Waals surface area contributed by atoms with Gasteiger partial charge in [-0.3, -0.25) is 4.79 Å². The fourth-order valence-corrected chi connectivity index (χ4v) is 1.74. The van der Waals surface area contributed by atoms with Gasteiger partial charge in [0.05, 0.1) is 11.8 Å². The summed E-state index contributed by atoms with van der Waals surface area (Å²) >= 11 is 0. The largest absolute Gasteiger partial charge is 0.489 e. The summed E-state index contributed by atoms with van der Waals surface area (Å²) < 4.78 is 10.5. The van der Waals surface area contributed by atoms with Gasteiger partial charge in [-0.15, -0.1) is 0 Å². The van der Waals surface area contributed by atoms with Gasteiger partial charge in [0.2, 0.25) is 11.9 Å². The van der Waals surface area contributed by atoms with Gasteiger partial charge >= 0.3 is 5.97 Å². The number of carbonyl (C=O) groups excluding carboxylic acids is 2. The summed E-state index contributed by atoms with van der Waals surface area (Å²) in [6.45, 7) is 1.81. The van der Waals surface area contributed by atoms with E-state index in [1.54, 1.807) is 42.5 Å². The molecule has 0 spiro atoms. The van der Waals surface area contributed by atoms with Gasteiger partial charge in [0.15, 0.2) is 6.10 Å². The van der Waals surface area contributed by atoms with Gasteiger partial charge in [-0.1, -0.05) is 24.3 Å². The molecule has 0 aromatic heterocycles. The normalized spacial score (nSPS) is 22.3. The molecule has 4 heteroatoms. The summed E-state index contributed by atoms with van der Waals surface area (Å²) in [5.41, 5.74) is 0.407. The van der Waals surface area contributed by atoms with Crippen molar-refractivity contribution in [2.24, 2.45) is 0 Å². The first-order valence-electron chi connectivity index (χ1n) is 5.97. The molecule has 1 aromatic carbocycles. The Morgan fingerprint density at radius 2 is 2.05 bits per heavy atom. The van der Waals surface area contributed by atoms with Gasteiger partial charge in [-0.25, -0.2) is 4.79 Å². The third-order valence-electron chi connectivity index (χ3n) is 2.67. The molecule has 1 aromatic rings. The lowest BCUT2D eigenvalue weighted by Gasteiger charge is -2.25. The van der Waals surface area contributed by atoms with Crippen LogP contribution in [-0.4, -0.2) is 24.0 Å². The van der Waals surface area contributed by atoms with E-state index in [0.717, 1.165) is 0 Å². The minimum atomic E-state index is -0.936. The van der Waals surface area contributed by atoms with E-state index in [1.807, 2.05) is 6.92 Å². The van der Waals surface area contributed by atoms with E-state index in [2.05, 4.69) is 0 Å². The smallest absolute Gasteiger partial charge is 0.339 e. The molecule has 1 heterocycles. The number of benzene rings is 1. The molecule has 0 saturated heterocycles. The Labute approximate surface area is 111 Å². The van der Waals surface area contributed by atoms with Crippen molar-refractivity contribution in [2.45, 2.75) is 19.1 Å². The monoisotopic (exact) mass is 258 g/mol. The highest BCUT2D eigenvalue weighted by atomic mass is 16.6. The third-order valence-corrected chi connectivity index (χ3v) is 2.67. The van der Waals surface area contributed by atoms with E-state index in [9.17, 15) is 9.59 Å². The van der Waals surface area contributed by atoms with E-state index < -0.39 is 18.2 Å². The second kappa shape index (κ2) is 6.00. The van der Waals surface area contributed by atoms with Crippen LogP contribution >= 0.6 is 0 Å². The van der Waals surface area contributed by atoms with Crippen molar-refractivity contribution in [2.75, 3.05) is 0 Å². The van der Waals surface area contributed by atoms with Gasteiger partial charge in [0.1, 0.15) is 0 Å². The van der Waals surface area contributed by atoms with Crippen LogP contribution in [0.15, 0.2) is 54.8 Å². The molecular weight excluding hydrogens is 244 g/mol. The molecule has 19 heavy (non-hydrogen) atoms. The van der Waals surface area contributed by atoms with E-state index >= 15 is 0 Å². The molecule has 98 valence electrons. The molecule has 2 rings (SSSR count). The molecule has 0 saturated carbocycles. The highest BCUT2D eigenvalue weighted by Gasteiger charge is 2.32. The van der Waals surface area contributed by atoms with E-state index in [4.69, 9.17) is 9.47 Å². The lowest BCUT2D eigenvalue weighted by molar-refractivity contribution is -0.129. The summed E-state index contributed by atoms with van der Waals surface area (Å²) in [6, 6.07) is 8.54. The van der Waals surface area contributed by atoms with Gasteiger partial charge in [-0.2, -0.15) is 0 Å². The fourth-order valence-electron chi connectivity index (χ4n) is 1.74. The maximum absolute atomic E-state index is 11.9. The minimum Gasteiger partial charge on any atom is -0.489 e. The summed E-state index contributed by atoms with van der Waals surface area (Å²) in [7, 11) is 0. The standard InChI is InChI=1S/C15H14O4/c1-2-6-13-14(12(16)9-10-18-13)19-15(17)11-7-4-3-5-8-11/h2-10,13-14H,1H3/b6-2+. The molecule has 0 radical (unpaired) electrons. The Bertz CT molecular complexity index is 516. The second-order valence-corrected chi connectivity index (χ2v) is 4.02. The van der Waals surface area contributed by atoms with Gasteiger partial charge in [0, 0.05) is 6.08 Å². The van der Waals surface area contributed by atoms with Crippen molar-refractivity contribution in [1.29, 1.82) is 0 Å². The van der Waals surface area contributed by atoms with Crippen LogP contribution in [0.1, 0.15) is 17.3 Å². The summed E-state index contributed by atoms with van der Waals surface area (Å²) in [6.07, 6.45) is 4.51. The maximum atomic E-state index is 11.9. The predicted molar refractivity (Wildman–Crippen MR) is 69.5 cm³/mol. The van der Waals surface area contributed by atoms with Crippen molar-refractivity contribution >= 4 is 11.8 Å². The zero-order valence-corrected chi connectivity index (χ0v) is 10.5. The highest BCUT2D eigenvalue weighted by Crippen LogP contribution is 2.16. The zero-order chi connectivity index (χ0) is 13.7. The fraction of sp³-hybridized carbons (Fsp3) is 0.200.